The molecule has 0 saturated carbocycles. The number of halogens is 1. The third-order valence-electron chi connectivity index (χ3n) is 4.68. The molecule has 0 aliphatic carbocycles. The van der Waals surface area contributed by atoms with Crippen LogP contribution in [0.1, 0.15) is 10.4 Å². The van der Waals surface area contributed by atoms with Gasteiger partial charge >= 0.3 is 0 Å². The van der Waals surface area contributed by atoms with E-state index in [1.165, 1.54) is 16.9 Å². The fourth-order valence-corrected chi connectivity index (χ4v) is 3.24. The summed E-state index contributed by atoms with van der Waals surface area (Å²) in [5.41, 5.74) is 5.77. The third-order valence-corrected chi connectivity index (χ3v) is 4.68. The molecular weight excluding hydrogens is 383 g/mol. The average Bonchev–Trinajstić information content (AvgIpc) is 3.45. The van der Waals surface area contributed by atoms with Crippen LogP contribution in [-0.2, 0) is 0 Å². The molecule has 1 N–H and O–H groups in total. The Balaban J connectivity index is 1.52. The lowest BCUT2D eigenvalue weighted by Gasteiger charge is -2.10. The number of aromatic nitrogens is 3. The van der Waals surface area contributed by atoms with Crippen LogP contribution in [0.4, 0.5) is 4.39 Å². The number of hydrogen-bond acceptors (Lipinski definition) is 4. The highest BCUT2D eigenvalue weighted by Gasteiger charge is 2.15. The number of fused-ring (bicyclic) bond motifs is 1. The molecule has 0 radical (unpaired) electrons. The molecule has 0 aliphatic rings. The topological polar surface area (TPSA) is 73.0 Å². The highest BCUT2D eigenvalue weighted by molar-refractivity contribution is 6.10. The third kappa shape index (κ3) is 3.33. The van der Waals surface area contributed by atoms with Crippen LogP contribution in [0.5, 0.6) is 0 Å². The van der Waals surface area contributed by atoms with Crippen LogP contribution >= 0.6 is 0 Å². The number of para-hydroxylation sites is 1. The fourth-order valence-electron chi connectivity index (χ4n) is 3.24. The van der Waals surface area contributed by atoms with Crippen LogP contribution in [0, 0.1) is 5.82 Å². The molecule has 1 amide bonds. The zero-order valence-electron chi connectivity index (χ0n) is 15.6. The number of carbonyl (C=O) groups excluding carboxylic acids is 1. The molecule has 0 saturated heterocycles. The van der Waals surface area contributed by atoms with Crippen molar-refractivity contribution in [3.8, 4) is 22.7 Å². The number of carbonyl (C=O) groups is 1. The molecule has 30 heavy (non-hydrogen) atoms. The summed E-state index contributed by atoms with van der Waals surface area (Å²) >= 11 is 0. The molecule has 3 aromatic heterocycles. The highest BCUT2D eigenvalue weighted by Crippen LogP contribution is 2.25. The second-order valence-electron chi connectivity index (χ2n) is 6.64. The van der Waals surface area contributed by atoms with E-state index in [2.05, 4.69) is 15.5 Å². The van der Waals surface area contributed by atoms with Gasteiger partial charge in [-0.25, -0.2) is 14.8 Å². The number of nitrogens with zero attached hydrogens (tertiary/aromatic N) is 3. The van der Waals surface area contributed by atoms with E-state index >= 15 is 0 Å². The monoisotopic (exact) mass is 398 g/mol. The largest absolute Gasteiger partial charge is 0.463 e. The Hall–Kier alpha value is -4.26. The van der Waals surface area contributed by atoms with Crippen molar-refractivity contribution in [3.63, 3.8) is 0 Å². The summed E-state index contributed by atoms with van der Waals surface area (Å²) in [7, 11) is 0. The van der Waals surface area contributed by atoms with Gasteiger partial charge in [-0.2, -0.15) is 4.79 Å². The van der Waals surface area contributed by atoms with Gasteiger partial charge in [-0.15, -0.1) is 5.10 Å². The first-order chi connectivity index (χ1) is 14.7. The Morgan fingerprint density at radius 3 is 2.60 bits per heavy atom. The molecule has 0 aliphatic heterocycles. The van der Waals surface area contributed by atoms with Crippen molar-refractivity contribution >= 4 is 16.8 Å². The summed E-state index contributed by atoms with van der Waals surface area (Å²) in [4.78, 5) is 19.0. The summed E-state index contributed by atoms with van der Waals surface area (Å²) in [6.45, 7) is 0. The minimum Gasteiger partial charge on any atom is -0.463 e. The summed E-state index contributed by atoms with van der Waals surface area (Å²) in [5.74, 6) is -0.0643. The molecule has 5 rings (SSSR count). The lowest BCUT2D eigenvalue weighted by molar-refractivity contribution is 0.101. The van der Waals surface area contributed by atoms with E-state index in [0.29, 0.717) is 33.6 Å². The minimum absolute atomic E-state index is 0.330. The molecule has 146 valence electrons. The fraction of sp³-hybridized carbons (Fsp3) is 0. The predicted octanol–water partition coefficient (Wildman–Crippen LogP) is 4.88. The molecule has 5 aromatic rings. The number of nitrogens with one attached hydrogen (secondary N) is 1. The average molecular weight is 398 g/mol. The van der Waals surface area contributed by atoms with Crippen LogP contribution < -0.4 is 5.43 Å². The lowest BCUT2D eigenvalue weighted by atomic mass is 10.0. The number of amides is 1. The first-order valence-electron chi connectivity index (χ1n) is 9.24. The maximum absolute atomic E-state index is 13.3. The van der Waals surface area contributed by atoms with Gasteiger partial charge in [0, 0.05) is 17.1 Å². The second-order valence-corrected chi connectivity index (χ2v) is 6.64. The molecule has 3 heterocycles. The molecular formula is C23H15FN4O2. The van der Waals surface area contributed by atoms with Crippen LogP contribution in [-0.4, -0.2) is 20.8 Å². The maximum atomic E-state index is 13.3. The van der Waals surface area contributed by atoms with Gasteiger partial charge in [0.15, 0.2) is 5.76 Å². The molecule has 0 spiro atoms. The van der Waals surface area contributed by atoms with Crippen LogP contribution in [0.2, 0.25) is 0 Å². The Morgan fingerprint density at radius 2 is 1.80 bits per heavy atom. The SMILES string of the molecule is O=C(Nn1ccc(-c2ccco2)n1)c1cc(-c2ccc(F)cc2)nc2ccccc12. The van der Waals surface area contributed by atoms with Gasteiger partial charge < -0.3 is 4.42 Å². The first kappa shape index (κ1) is 17.8. The van der Waals surface area contributed by atoms with Gasteiger partial charge in [-0.05, 0) is 54.6 Å². The molecule has 0 atom stereocenters. The van der Waals surface area contributed by atoms with E-state index in [1.807, 2.05) is 24.3 Å². The van der Waals surface area contributed by atoms with E-state index in [9.17, 15) is 9.18 Å². The van der Waals surface area contributed by atoms with Gasteiger partial charge in [0.1, 0.15) is 11.5 Å². The summed E-state index contributed by atoms with van der Waals surface area (Å²) < 4.78 is 18.6. The van der Waals surface area contributed by atoms with E-state index in [0.717, 1.165) is 5.56 Å². The summed E-state index contributed by atoms with van der Waals surface area (Å²) in [5, 5.41) is 5.03. The van der Waals surface area contributed by atoms with Crippen molar-refractivity contribution in [1.29, 1.82) is 0 Å². The lowest BCUT2D eigenvalue weighted by Crippen LogP contribution is -2.23. The van der Waals surface area contributed by atoms with Gasteiger partial charge in [-0.3, -0.25) is 4.79 Å². The zero-order valence-corrected chi connectivity index (χ0v) is 15.6. The van der Waals surface area contributed by atoms with Crippen LogP contribution in [0.25, 0.3) is 33.6 Å². The smallest absolute Gasteiger partial charge is 0.272 e. The van der Waals surface area contributed by atoms with Crippen LogP contribution in [0.15, 0.2) is 89.7 Å². The first-order valence-corrected chi connectivity index (χ1v) is 9.24. The number of hydrogen-bond donors (Lipinski definition) is 1. The highest BCUT2D eigenvalue weighted by atomic mass is 19.1. The molecule has 7 heteroatoms. The Labute approximate surface area is 170 Å². The Kier molecular flexibility index (Phi) is 4.33. The van der Waals surface area contributed by atoms with Crippen molar-refractivity contribution in [1.82, 2.24) is 14.9 Å². The number of furan rings is 1. The van der Waals surface area contributed by atoms with Gasteiger partial charge in [0.25, 0.3) is 5.91 Å². The van der Waals surface area contributed by atoms with Gasteiger partial charge in [0.2, 0.25) is 0 Å². The summed E-state index contributed by atoms with van der Waals surface area (Å²) in [6.07, 6.45) is 3.20. The predicted molar refractivity (Wildman–Crippen MR) is 111 cm³/mol. The zero-order chi connectivity index (χ0) is 20.5. The number of rotatable bonds is 4. The van der Waals surface area contributed by atoms with Crippen molar-refractivity contribution in [2.75, 3.05) is 5.43 Å². The Morgan fingerprint density at radius 1 is 0.967 bits per heavy atom. The maximum Gasteiger partial charge on any atom is 0.272 e. The second kappa shape index (κ2) is 7.29. The van der Waals surface area contributed by atoms with Crippen molar-refractivity contribution < 1.29 is 13.6 Å². The minimum atomic E-state index is -0.342. The molecule has 0 bridgehead atoms. The van der Waals surface area contributed by atoms with Gasteiger partial charge in [0.05, 0.1) is 23.0 Å². The van der Waals surface area contributed by atoms with Gasteiger partial charge in [-0.1, -0.05) is 18.2 Å². The van der Waals surface area contributed by atoms with E-state index in [1.54, 1.807) is 48.9 Å². The number of benzene rings is 2. The molecule has 6 nitrogen and oxygen atoms in total. The normalized spacial score (nSPS) is 11.0. The van der Waals surface area contributed by atoms with Crippen LogP contribution in [0.3, 0.4) is 0 Å². The standard InChI is InChI=1S/C23H15FN4O2/c24-16-9-7-15(8-10-16)21-14-18(17-4-1-2-5-19(17)25-21)23(29)27-28-12-11-20(26-28)22-6-3-13-30-22/h1-14H,(H,27,29). The molecule has 2 aromatic carbocycles. The van der Waals surface area contributed by atoms with E-state index in [4.69, 9.17) is 4.42 Å². The van der Waals surface area contributed by atoms with Crippen molar-refractivity contribution in [3.05, 3.63) is 96.6 Å². The Bertz CT molecular complexity index is 1340. The van der Waals surface area contributed by atoms with E-state index < -0.39 is 0 Å². The molecule has 0 fully saturated rings. The van der Waals surface area contributed by atoms with E-state index in [-0.39, 0.29) is 11.7 Å². The van der Waals surface area contributed by atoms with Crippen molar-refractivity contribution in [2.45, 2.75) is 0 Å². The van der Waals surface area contributed by atoms with Crippen molar-refractivity contribution in [2.24, 2.45) is 0 Å². The molecule has 0 unspecified atom stereocenters. The summed E-state index contributed by atoms with van der Waals surface area (Å²) in [6, 6.07) is 20.4. The quantitative estimate of drug-likeness (QED) is 0.468. The number of pyridine rings is 1.